The highest BCUT2D eigenvalue weighted by molar-refractivity contribution is 5.80. The predicted molar refractivity (Wildman–Crippen MR) is 53.7 cm³/mol. The monoisotopic (exact) mass is 178 g/mol. The summed E-state index contributed by atoms with van der Waals surface area (Å²) in [7, 11) is 1.62. The van der Waals surface area contributed by atoms with Crippen LogP contribution in [0.5, 0.6) is 0 Å². The lowest BCUT2D eigenvalue weighted by molar-refractivity contribution is -0.118. The molecule has 0 aliphatic carbocycles. The highest BCUT2D eigenvalue weighted by Crippen LogP contribution is 2.07. The quantitative estimate of drug-likeness (QED) is 0.729. The summed E-state index contributed by atoms with van der Waals surface area (Å²) in [6, 6.07) is 7.93. The van der Waals surface area contributed by atoms with Crippen molar-refractivity contribution in [2.24, 2.45) is 0 Å². The first kappa shape index (κ1) is 9.58. The first-order valence-corrected chi connectivity index (χ1v) is 4.23. The Kier molecular flexibility index (Phi) is 3.31. The van der Waals surface area contributed by atoms with Crippen LogP contribution < -0.4 is 10.6 Å². The van der Waals surface area contributed by atoms with Crippen molar-refractivity contribution in [3.05, 3.63) is 29.8 Å². The molecule has 0 saturated carbocycles. The van der Waals surface area contributed by atoms with E-state index in [2.05, 4.69) is 10.6 Å². The number of carbonyl (C=O) groups excluding carboxylic acids is 1. The number of rotatable bonds is 3. The van der Waals surface area contributed by atoms with Crippen LogP contribution in [0.2, 0.25) is 0 Å². The standard InChI is InChI=1S/C10H14N2O/c1-8-3-5-9(6-4-8)12-7-10(13)11-2/h3-6,12H,7H2,1-2H3,(H,11,13). The van der Waals surface area contributed by atoms with E-state index >= 15 is 0 Å². The Labute approximate surface area is 78.2 Å². The molecule has 0 saturated heterocycles. The molecule has 0 radical (unpaired) electrons. The molecule has 13 heavy (non-hydrogen) atoms. The Hall–Kier alpha value is -1.51. The third-order valence-corrected chi connectivity index (χ3v) is 1.78. The maximum atomic E-state index is 10.9. The average molecular weight is 178 g/mol. The van der Waals surface area contributed by atoms with Gasteiger partial charge in [0.05, 0.1) is 6.54 Å². The number of benzene rings is 1. The molecule has 0 atom stereocenters. The second-order valence-corrected chi connectivity index (χ2v) is 2.89. The zero-order chi connectivity index (χ0) is 9.68. The summed E-state index contributed by atoms with van der Waals surface area (Å²) in [5.74, 6) is -0.0134. The molecule has 2 N–H and O–H groups in total. The minimum atomic E-state index is -0.0134. The highest BCUT2D eigenvalue weighted by atomic mass is 16.1. The smallest absolute Gasteiger partial charge is 0.239 e. The van der Waals surface area contributed by atoms with Gasteiger partial charge < -0.3 is 10.6 Å². The van der Waals surface area contributed by atoms with Gasteiger partial charge in [0.1, 0.15) is 0 Å². The van der Waals surface area contributed by atoms with Crippen LogP contribution in [-0.2, 0) is 4.79 Å². The van der Waals surface area contributed by atoms with Crippen LogP contribution in [0, 0.1) is 6.92 Å². The van der Waals surface area contributed by atoms with Crippen LogP contribution in [0.15, 0.2) is 24.3 Å². The van der Waals surface area contributed by atoms with E-state index in [9.17, 15) is 4.79 Å². The number of anilines is 1. The van der Waals surface area contributed by atoms with Crippen LogP contribution in [-0.4, -0.2) is 19.5 Å². The molecular formula is C10H14N2O. The van der Waals surface area contributed by atoms with E-state index in [1.807, 2.05) is 31.2 Å². The molecule has 0 aromatic heterocycles. The molecule has 0 spiro atoms. The molecular weight excluding hydrogens is 164 g/mol. The predicted octanol–water partition coefficient (Wildman–Crippen LogP) is 1.15. The summed E-state index contributed by atoms with van der Waals surface area (Å²) in [4.78, 5) is 10.9. The number of hydrogen-bond donors (Lipinski definition) is 2. The molecule has 1 aromatic rings. The molecule has 0 aliphatic heterocycles. The van der Waals surface area contributed by atoms with E-state index in [0.29, 0.717) is 6.54 Å². The third-order valence-electron chi connectivity index (χ3n) is 1.78. The lowest BCUT2D eigenvalue weighted by Gasteiger charge is -2.04. The van der Waals surface area contributed by atoms with Gasteiger partial charge in [0.15, 0.2) is 0 Å². The van der Waals surface area contributed by atoms with Gasteiger partial charge in [-0.1, -0.05) is 17.7 Å². The molecule has 1 amide bonds. The summed E-state index contributed by atoms with van der Waals surface area (Å²) in [6.07, 6.45) is 0. The lowest BCUT2D eigenvalue weighted by atomic mass is 10.2. The van der Waals surface area contributed by atoms with Gasteiger partial charge >= 0.3 is 0 Å². The summed E-state index contributed by atoms with van der Waals surface area (Å²) in [5, 5.41) is 5.56. The number of aryl methyl sites for hydroxylation is 1. The van der Waals surface area contributed by atoms with E-state index in [0.717, 1.165) is 5.69 Å². The third kappa shape index (κ3) is 3.15. The number of hydrogen-bond acceptors (Lipinski definition) is 2. The van der Waals surface area contributed by atoms with Gasteiger partial charge in [0, 0.05) is 12.7 Å². The lowest BCUT2D eigenvalue weighted by Crippen LogP contribution is -2.26. The molecule has 1 aromatic carbocycles. The van der Waals surface area contributed by atoms with Gasteiger partial charge in [-0.15, -0.1) is 0 Å². The Balaban J connectivity index is 2.46. The van der Waals surface area contributed by atoms with Crippen molar-refractivity contribution in [2.45, 2.75) is 6.92 Å². The fraction of sp³-hybridized carbons (Fsp3) is 0.300. The molecule has 1 rings (SSSR count). The van der Waals surface area contributed by atoms with Crippen molar-refractivity contribution in [2.75, 3.05) is 18.9 Å². The highest BCUT2D eigenvalue weighted by Gasteiger charge is 1.96. The van der Waals surface area contributed by atoms with Gasteiger partial charge in [0.2, 0.25) is 5.91 Å². The molecule has 0 fully saturated rings. The van der Waals surface area contributed by atoms with Crippen LogP contribution >= 0.6 is 0 Å². The number of carbonyl (C=O) groups is 1. The second kappa shape index (κ2) is 4.50. The van der Waals surface area contributed by atoms with Crippen molar-refractivity contribution in [3.63, 3.8) is 0 Å². The van der Waals surface area contributed by atoms with Crippen molar-refractivity contribution in [1.29, 1.82) is 0 Å². The number of amides is 1. The Morgan fingerprint density at radius 3 is 2.46 bits per heavy atom. The van der Waals surface area contributed by atoms with Crippen LogP contribution in [0.25, 0.3) is 0 Å². The van der Waals surface area contributed by atoms with Gasteiger partial charge in [-0.2, -0.15) is 0 Å². The second-order valence-electron chi connectivity index (χ2n) is 2.89. The largest absolute Gasteiger partial charge is 0.376 e. The van der Waals surface area contributed by atoms with Crippen molar-refractivity contribution in [1.82, 2.24) is 5.32 Å². The average Bonchev–Trinajstić information content (AvgIpc) is 2.16. The fourth-order valence-corrected chi connectivity index (χ4v) is 0.942. The van der Waals surface area contributed by atoms with Gasteiger partial charge in [-0.25, -0.2) is 0 Å². The van der Waals surface area contributed by atoms with Crippen LogP contribution in [0.3, 0.4) is 0 Å². The maximum absolute atomic E-state index is 10.9. The molecule has 0 unspecified atom stereocenters. The van der Waals surface area contributed by atoms with Crippen molar-refractivity contribution in [3.8, 4) is 0 Å². The topological polar surface area (TPSA) is 41.1 Å². The molecule has 0 heterocycles. The zero-order valence-electron chi connectivity index (χ0n) is 7.92. The van der Waals surface area contributed by atoms with E-state index in [-0.39, 0.29) is 5.91 Å². The Morgan fingerprint density at radius 1 is 1.31 bits per heavy atom. The van der Waals surface area contributed by atoms with E-state index in [4.69, 9.17) is 0 Å². The normalized spacial score (nSPS) is 9.38. The van der Waals surface area contributed by atoms with Gasteiger partial charge in [0.25, 0.3) is 0 Å². The first-order valence-electron chi connectivity index (χ1n) is 4.23. The summed E-state index contributed by atoms with van der Waals surface area (Å²) >= 11 is 0. The SMILES string of the molecule is CNC(=O)CNc1ccc(C)cc1. The first-order chi connectivity index (χ1) is 6.22. The molecule has 3 nitrogen and oxygen atoms in total. The summed E-state index contributed by atoms with van der Waals surface area (Å²) in [6.45, 7) is 2.35. The van der Waals surface area contributed by atoms with E-state index in [1.165, 1.54) is 5.56 Å². The van der Waals surface area contributed by atoms with Crippen molar-refractivity contribution >= 4 is 11.6 Å². The fourth-order valence-electron chi connectivity index (χ4n) is 0.942. The number of likely N-dealkylation sites (N-methyl/N-ethyl adjacent to an activating group) is 1. The minimum absolute atomic E-state index is 0.0134. The van der Waals surface area contributed by atoms with Gasteiger partial charge in [-0.05, 0) is 19.1 Å². The minimum Gasteiger partial charge on any atom is -0.376 e. The van der Waals surface area contributed by atoms with Crippen LogP contribution in [0.1, 0.15) is 5.56 Å². The van der Waals surface area contributed by atoms with E-state index < -0.39 is 0 Å². The van der Waals surface area contributed by atoms with Crippen molar-refractivity contribution < 1.29 is 4.79 Å². The Morgan fingerprint density at radius 2 is 1.92 bits per heavy atom. The molecule has 0 aliphatic rings. The number of nitrogens with one attached hydrogen (secondary N) is 2. The maximum Gasteiger partial charge on any atom is 0.239 e. The molecule has 3 heteroatoms. The molecule has 70 valence electrons. The molecule has 0 bridgehead atoms. The Bertz CT molecular complexity index is 279. The van der Waals surface area contributed by atoms with Crippen LogP contribution in [0.4, 0.5) is 5.69 Å². The summed E-state index contributed by atoms with van der Waals surface area (Å²) < 4.78 is 0. The summed E-state index contributed by atoms with van der Waals surface area (Å²) in [5.41, 5.74) is 2.18. The van der Waals surface area contributed by atoms with E-state index in [1.54, 1.807) is 7.05 Å². The van der Waals surface area contributed by atoms with Gasteiger partial charge in [-0.3, -0.25) is 4.79 Å². The zero-order valence-corrected chi connectivity index (χ0v) is 7.92.